The molecule has 152 valence electrons. The van der Waals surface area contributed by atoms with Crippen molar-refractivity contribution in [1.29, 1.82) is 0 Å². The van der Waals surface area contributed by atoms with Crippen molar-refractivity contribution in [3.8, 4) is 0 Å². The van der Waals surface area contributed by atoms with Crippen molar-refractivity contribution in [3.63, 3.8) is 0 Å². The van der Waals surface area contributed by atoms with Crippen molar-refractivity contribution in [1.82, 2.24) is 10.2 Å². The summed E-state index contributed by atoms with van der Waals surface area (Å²) in [5, 5.41) is 13.1. The Hall–Kier alpha value is -1.38. The van der Waals surface area contributed by atoms with E-state index < -0.39 is 41.7 Å². The van der Waals surface area contributed by atoms with Crippen molar-refractivity contribution in [2.45, 2.75) is 25.4 Å². The van der Waals surface area contributed by atoms with Crippen molar-refractivity contribution in [3.05, 3.63) is 32.8 Å². The molecule has 1 aromatic rings. The molecule has 0 spiro atoms. The van der Waals surface area contributed by atoms with Gasteiger partial charge < -0.3 is 9.84 Å². The van der Waals surface area contributed by atoms with Crippen molar-refractivity contribution >= 4 is 52.6 Å². The van der Waals surface area contributed by atoms with Crippen LogP contribution < -0.4 is 5.32 Å². The molecule has 0 aliphatic carbocycles. The highest BCUT2D eigenvalue weighted by molar-refractivity contribution is 6.43. The molecule has 1 aromatic carbocycles. The molecule has 7 nitrogen and oxygen atoms in total. The number of amides is 2. The Morgan fingerprint density at radius 2 is 1.86 bits per heavy atom. The number of rotatable bonds is 7. The SMILES string of the molecule is CCCOCCN1C(=O)C2C(C(=O)O)NC(c3cc(Cl)cc(Cl)c3Cl)C2C1=O. The first-order valence-corrected chi connectivity index (χ1v) is 9.97. The second-order valence-electron chi connectivity index (χ2n) is 6.74. The first kappa shape index (κ1) is 21.3. The van der Waals surface area contributed by atoms with Crippen molar-refractivity contribution in [2.75, 3.05) is 19.8 Å². The highest BCUT2D eigenvalue weighted by Gasteiger charge is 2.61. The summed E-state index contributed by atoms with van der Waals surface area (Å²) in [7, 11) is 0. The predicted molar refractivity (Wildman–Crippen MR) is 104 cm³/mol. The number of carboxylic acids is 1. The van der Waals surface area contributed by atoms with Gasteiger partial charge in [-0.05, 0) is 24.1 Å². The van der Waals surface area contributed by atoms with Crippen molar-refractivity contribution < 1.29 is 24.2 Å². The van der Waals surface area contributed by atoms with Crippen LogP contribution in [-0.4, -0.2) is 53.6 Å². The Morgan fingerprint density at radius 1 is 1.18 bits per heavy atom. The Balaban J connectivity index is 1.94. The Bertz CT molecular complexity index is 819. The third-order valence-corrected chi connectivity index (χ3v) is 6.03. The summed E-state index contributed by atoms with van der Waals surface area (Å²) in [5.74, 6) is -4.14. The minimum atomic E-state index is -1.22. The average molecular weight is 450 g/mol. The highest BCUT2D eigenvalue weighted by atomic mass is 35.5. The normalized spacial score (nSPS) is 26.8. The average Bonchev–Trinajstić information content (AvgIpc) is 3.14. The van der Waals surface area contributed by atoms with Crippen LogP contribution >= 0.6 is 34.8 Å². The summed E-state index contributed by atoms with van der Waals surface area (Å²) in [6.07, 6.45) is 0.814. The fourth-order valence-electron chi connectivity index (χ4n) is 3.81. The van der Waals surface area contributed by atoms with E-state index in [0.29, 0.717) is 17.2 Å². The van der Waals surface area contributed by atoms with Gasteiger partial charge in [-0.3, -0.25) is 24.6 Å². The molecule has 3 rings (SSSR count). The van der Waals surface area contributed by atoms with E-state index in [-0.39, 0.29) is 23.2 Å². The lowest BCUT2D eigenvalue weighted by atomic mass is 9.86. The number of nitrogens with one attached hydrogen (secondary N) is 1. The third-order valence-electron chi connectivity index (χ3n) is 5.00. The van der Waals surface area contributed by atoms with E-state index in [0.717, 1.165) is 11.3 Å². The number of halogens is 3. The van der Waals surface area contributed by atoms with Gasteiger partial charge in [-0.2, -0.15) is 0 Å². The molecular weight excluding hydrogens is 431 g/mol. The van der Waals surface area contributed by atoms with Crippen LogP contribution in [-0.2, 0) is 19.1 Å². The molecule has 0 radical (unpaired) electrons. The molecule has 2 aliphatic rings. The number of hydrogen-bond donors (Lipinski definition) is 2. The van der Waals surface area contributed by atoms with E-state index in [1.54, 1.807) is 0 Å². The summed E-state index contributed by atoms with van der Waals surface area (Å²) in [4.78, 5) is 38.7. The van der Waals surface area contributed by atoms with Crippen LogP contribution in [0.1, 0.15) is 24.9 Å². The van der Waals surface area contributed by atoms with Crippen LogP contribution in [0.25, 0.3) is 0 Å². The van der Waals surface area contributed by atoms with Gasteiger partial charge in [0.25, 0.3) is 0 Å². The Labute approximate surface area is 176 Å². The molecule has 10 heteroatoms. The lowest BCUT2D eigenvalue weighted by Crippen LogP contribution is -2.44. The molecule has 4 unspecified atom stereocenters. The molecule has 2 heterocycles. The number of aliphatic carboxylic acids is 1. The van der Waals surface area contributed by atoms with Gasteiger partial charge in [-0.15, -0.1) is 0 Å². The van der Waals surface area contributed by atoms with Crippen LogP contribution in [0.3, 0.4) is 0 Å². The van der Waals surface area contributed by atoms with E-state index in [9.17, 15) is 19.5 Å². The molecule has 4 atom stereocenters. The molecule has 2 saturated heterocycles. The molecule has 2 aliphatic heterocycles. The number of hydrogen-bond acceptors (Lipinski definition) is 5. The smallest absolute Gasteiger partial charge is 0.321 e. The number of benzene rings is 1. The predicted octanol–water partition coefficient (Wildman–Crippen LogP) is 2.77. The number of ether oxygens (including phenoxy) is 1. The lowest BCUT2D eigenvalue weighted by Gasteiger charge is -2.22. The van der Waals surface area contributed by atoms with Crippen LogP contribution in [0.4, 0.5) is 0 Å². The van der Waals surface area contributed by atoms with Gasteiger partial charge in [-0.1, -0.05) is 41.7 Å². The third kappa shape index (κ3) is 3.74. The first-order chi connectivity index (χ1) is 13.3. The summed E-state index contributed by atoms with van der Waals surface area (Å²) >= 11 is 18.5. The van der Waals surface area contributed by atoms with Gasteiger partial charge in [0.05, 0.1) is 35.0 Å². The van der Waals surface area contributed by atoms with Gasteiger partial charge in [-0.25, -0.2) is 0 Å². The molecular formula is C18H19Cl3N2O5. The summed E-state index contributed by atoms with van der Waals surface area (Å²) < 4.78 is 5.37. The number of carboxylic acid groups (broad SMARTS) is 1. The number of carbonyl (C=O) groups is 3. The summed E-state index contributed by atoms with van der Waals surface area (Å²) in [6, 6.07) is 0.962. The zero-order chi connectivity index (χ0) is 20.6. The maximum absolute atomic E-state index is 13.0. The topological polar surface area (TPSA) is 95.9 Å². The second kappa shape index (κ2) is 8.55. The molecule has 0 aromatic heterocycles. The zero-order valence-corrected chi connectivity index (χ0v) is 17.2. The van der Waals surface area contributed by atoms with Gasteiger partial charge >= 0.3 is 5.97 Å². The quantitative estimate of drug-likeness (QED) is 0.377. The number of likely N-dealkylation sites (tertiary alicyclic amines) is 1. The van der Waals surface area contributed by atoms with Crippen LogP contribution in [0.5, 0.6) is 0 Å². The maximum atomic E-state index is 13.0. The summed E-state index contributed by atoms with van der Waals surface area (Å²) in [6.45, 7) is 2.74. The lowest BCUT2D eigenvalue weighted by molar-refractivity contribution is -0.146. The monoisotopic (exact) mass is 448 g/mol. The second-order valence-corrected chi connectivity index (χ2v) is 7.96. The molecule has 0 bridgehead atoms. The fourth-order valence-corrected chi connectivity index (χ4v) is 4.55. The molecule has 2 amide bonds. The van der Waals surface area contributed by atoms with E-state index in [1.165, 1.54) is 12.1 Å². The molecule has 2 N–H and O–H groups in total. The van der Waals surface area contributed by atoms with E-state index in [2.05, 4.69) is 5.32 Å². The Morgan fingerprint density at radius 3 is 2.50 bits per heavy atom. The largest absolute Gasteiger partial charge is 0.480 e. The number of fused-ring (bicyclic) bond motifs is 1. The number of carbonyl (C=O) groups excluding carboxylic acids is 2. The van der Waals surface area contributed by atoms with Crippen LogP contribution in [0, 0.1) is 11.8 Å². The van der Waals surface area contributed by atoms with Crippen LogP contribution in [0.2, 0.25) is 15.1 Å². The Kier molecular flexibility index (Phi) is 6.51. The number of imide groups is 1. The molecule has 28 heavy (non-hydrogen) atoms. The fraction of sp³-hybridized carbons (Fsp3) is 0.500. The minimum Gasteiger partial charge on any atom is -0.480 e. The van der Waals surface area contributed by atoms with E-state index >= 15 is 0 Å². The standard InChI is InChI=1S/C18H19Cl3N2O5/c1-2-4-28-5-3-23-16(24)11-12(17(23)25)15(18(26)27)22-14(11)9-6-8(19)7-10(20)13(9)21/h6-7,11-12,14-15,22H,2-5H2,1H3,(H,26,27). The minimum absolute atomic E-state index is 0.0771. The van der Waals surface area contributed by atoms with Gasteiger partial charge in [0.15, 0.2) is 0 Å². The van der Waals surface area contributed by atoms with Crippen LogP contribution in [0.15, 0.2) is 12.1 Å². The van der Waals surface area contributed by atoms with E-state index in [1.807, 2.05) is 6.92 Å². The van der Waals surface area contributed by atoms with Gasteiger partial charge in [0.2, 0.25) is 11.8 Å². The first-order valence-electron chi connectivity index (χ1n) is 8.84. The van der Waals surface area contributed by atoms with Gasteiger partial charge in [0.1, 0.15) is 6.04 Å². The number of nitrogens with zero attached hydrogens (tertiary/aromatic N) is 1. The molecule has 0 saturated carbocycles. The van der Waals surface area contributed by atoms with Crippen molar-refractivity contribution in [2.24, 2.45) is 11.8 Å². The zero-order valence-electron chi connectivity index (χ0n) is 15.0. The van der Waals surface area contributed by atoms with E-state index in [4.69, 9.17) is 39.5 Å². The maximum Gasteiger partial charge on any atom is 0.321 e. The molecule has 2 fully saturated rings. The summed E-state index contributed by atoms with van der Waals surface area (Å²) in [5.41, 5.74) is 0.392. The highest BCUT2D eigenvalue weighted by Crippen LogP contribution is 2.47. The van der Waals surface area contributed by atoms with Gasteiger partial charge in [0, 0.05) is 17.7 Å².